The van der Waals surface area contributed by atoms with Crippen LogP contribution in [-0.4, -0.2) is 34.0 Å². The lowest BCUT2D eigenvalue weighted by atomic mass is 9.67. The number of aromatic nitrogens is 2. The molecule has 0 aliphatic heterocycles. The van der Waals surface area contributed by atoms with Crippen LogP contribution in [0.15, 0.2) is 12.4 Å². The summed E-state index contributed by atoms with van der Waals surface area (Å²) in [4.78, 5) is 11.9. The molecule has 2 amide bonds. The maximum Gasteiger partial charge on any atom is 0.314 e. The van der Waals surface area contributed by atoms with Crippen LogP contribution in [0.3, 0.4) is 0 Å². The largest absolute Gasteiger partial charge is 0.383 e. The van der Waals surface area contributed by atoms with Gasteiger partial charge in [-0.15, -0.1) is 0 Å². The fourth-order valence-electron chi connectivity index (χ4n) is 2.72. The van der Waals surface area contributed by atoms with E-state index < -0.39 is 5.60 Å². The van der Waals surface area contributed by atoms with Crippen LogP contribution in [0.25, 0.3) is 0 Å². The molecule has 1 saturated carbocycles. The van der Waals surface area contributed by atoms with Crippen LogP contribution in [0.4, 0.5) is 4.79 Å². The van der Waals surface area contributed by atoms with Gasteiger partial charge in [0.25, 0.3) is 0 Å². The van der Waals surface area contributed by atoms with Gasteiger partial charge < -0.3 is 15.7 Å². The molecule has 1 aliphatic carbocycles. The molecule has 6 heteroatoms. The molecule has 1 unspecified atom stereocenters. The molecule has 0 bridgehead atoms. The summed E-state index contributed by atoms with van der Waals surface area (Å²) in [7, 11) is 1.79. The molecule has 1 aromatic heterocycles. The highest BCUT2D eigenvalue weighted by Crippen LogP contribution is 2.42. The Bertz CT molecular complexity index is 486. The van der Waals surface area contributed by atoms with Gasteiger partial charge in [-0.05, 0) is 31.6 Å². The predicted molar refractivity (Wildman–Crippen MR) is 80.8 cm³/mol. The maximum absolute atomic E-state index is 11.9. The number of rotatable bonds is 6. The monoisotopic (exact) mass is 294 g/mol. The molecule has 21 heavy (non-hydrogen) atoms. The maximum atomic E-state index is 11.9. The van der Waals surface area contributed by atoms with Gasteiger partial charge in [0.2, 0.25) is 0 Å². The minimum absolute atomic E-state index is 0.156. The fraction of sp³-hybridized carbons (Fsp3) is 0.733. The van der Waals surface area contributed by atoms with E-state index in [1.807, 2.05) is 0 Å². The molecule has 6 nitrogen and oxygen atoms in total. The van der Waals surface area contributed by atoms with Gasteiger partial charge in [0, 0.05) is 25.4 Å². The summed E-state index contributed by atoms with van der Waals surface area (Å²) in [6.45, 7) is 4.71. The fourth-order valence-corrected chi connectivity index (χ4v) is 2.72. The minimum atomic E-state index is -1.12. The molecule has 3 N–H and O–H groups in total. The first-order valence-corrected chi connectivity index (χ1v) is 7.60. The second-order valence-electron chi connectivity index (χ2n) is 6.42. The molecule has 118 valence electrons. The molecule has 2 rings (SSSR count). The quantitative estimate of drug-likeness (QED) is 0.744. The van der Waals surface area contributed by atoms with E-state index in [0.29, 0.717) is 17.5 Å². The Kier molecular flexibility index (Phi) is 4.56. The van der Waals surface area contributed by atoms with Gasteiger partial charge in [-0.25, -0.2) is 4.79 Å². The number of carbonyl (C=O) groups excluding carboxylic acids is 1. The van der Waals surface area contributed by atoms with Gasteiger partial charge in [-0.1, -0.05) is 13.3 Å². The molecule has 1 heterocycles. The van der Waals surface area contributed by atoms with Crippen LogP contribution in [0.2, 0.25) is 0 Å². The zero-order valence-corrected chi connectivity index (χ0v) is 13.1. The third-order valence-corrected chi connectivity index (χ3v) is 4.71. The lowest BCUT2D eigenvalue weighted by Crippen LogP contribution is -2.48. The Labute approximate surface area is 125 Å². The van der Waals surface area contributed by atoms with Crippen molar-refractivity contribution in [3.05, 3.63) is 18.0 Å². The summed E-state index contributed by atoms with van der Waals surface area (Å²) in [5.74, 6) is 0. The molecule has 0 spiro atoms. The molecule has 1 atom stereocenters. The highest BCUT2D eigenvalue weighted by atomic mass is 16.3. The molecular weight excluding hydrogens is 268 g/mol. The molecular formula is C15H26N4O2. The highest BCUT2D eigenvalue weighted by molar-refractivity contribution is 5.74. The zero-order chi connectivity index (χ0) is 15.5. The Balaban J connectivity index is 1.78. The van der Waals surface area contributed by atoms with Crippen molar-refractivity contribution in [3.8, 4) is 0 Å². The van der Waals surface area contributed by atoms with E-state index in [-0.39, 0.29) is 12.6 Å². The summed E-state index contributed by atoms with van der Waals surface area (Å²) in [6.07, 6.45) is 8.10. The number of urea groups is 1. The van der Waals surface area contributed by atoms with Gasteiger partial charge in [-0.2, -0.15) is 5.10 Å². The van der Waals surface area contributed by atoms with Crippen molar-refractivity contribution in [1.29, 1.82) is 0 Å². The third kappa shape index (κ3) is 3.75. The molecule has 0 aromatic carbocycles. The third-order valence-electron chi connectivity index (χ3n) is 4.71. The number of aryl methyl sites for hydroxylation is 1. The van der Waals surface area contributed by atoms with Crippen LogP contribution in [0.5, 0.6) is 0 Å². The Hall–Kier alpha value is -1.56. The first-order valence-electron chi connectivity index (χ1n) is 7.60. The molecule has 0 saturated heterocycles. The Morgan fingerprint density at radius 3 is 2.71 bits per heavy atom. The van der Waals surface area contributed by atoms with Crippen LogP contribution >= 0.6 is 0 Å². The van der Waals surface area contributed by atoms with Gasteiger partial charge in [-0.3, -0.25) is 4.68 Å². The summed E-state index contributed by atoms with van der Waals surface area (Å²) in [5.41, 5.74) is -0.136. The summed E-state index contributed by atoms with van der Waals surface area (Å²) in [6, 6.07) is -0.223. The van der Waals surface area contributed by atoms with Crippen LogP contribution in [0, 0.1) is 5.41 Å². The van der Waals surface area contributed by atoms with E-state index in [1.165, 1.54) is 19.3 Å². The van der Waals surface area contributed by atoms with E-state index in [4.69, 9.17) is 0 Å². The van der Waals surface area contributed by atoms with Gasteiger partial charge in [0.1, 0.15) is 5.60 Å². The van der Waals surface area contributed by atoms with E-state index >= 15 is 0 Å². The number of aliphatic hydroxyl groups is 1. The topological polar surface area (TPSA) is 79.2 Å². The molecule has 1 aliphatic rings. The first-order chi connectivity index (χ1) is 9.87. The average Bonchev–Trinajstić information content (AvgIpc) is 2.83. The number of hydrogen-bond acceptors (Lipinski definition) is 3. The normalized spacial score (nSPS) is 19.4. The number of nitrogens with one attached hydrogen (secondary N) is 2. The molecule has 1 fully saturated rings. The van der Waals surface area contributed by atoms with Crippen molar-refractivity contribution in [1.82, 2.24) is 20.4 Å². The van der Waals surface area contributed by atoms with Crippen LogP contribution in [-0.2, 0) is 12.6 Å². The van der Waals surface area contributed by atoms with Gasteiger partial charge in [0.15, 0.2) is 0 Å². The lowest BCUT2D eigenvalue weighted by molar-refractivity contribution is 0.0588. The zero-order valence-electron chi connectivity index (χ0n) is 13.1. The Morgan fingerprint density at radius 2 is 2.24 bits per heavy atom. The van der Waals surface area contributed by atoms with Gasteiger partial charge in [0.05, 0.1) is 12.7 Å². The van der Waals surface area contributed by atoms with Gasteiger partial charge >= 0.3 is 6.03 Å². The minimum Gasteiger partial charge on any atom is -0.383 e. The second kappa shape index (κ2) is 6.05. The number of hydrogen-bond donors (Lipinski definition) is 3. The molecule has 0 radical (unpaired) electrons. The van der Waals surface area contributed by atoms with E-state index in [1.54, 1.807) is 31.0 Å². The first kappa shape index (κ1) is 15.8. The van der Waals surface area contributed by atoms with Crippen molar-refractivity contribution in [3.63, 3.8) is 0 Å². The lowest BCUT2D eigenvalue weighted by Gasteiger charge is -2.41. The highest BCUT2D eigenvalue weighted by Gasteiger charge is 2.35. The average molecular weight is 294 g/mol. The Morgan fingerprint density at radius 1 is 1.52 bits per heavy atom. The van der Waals surface area contributed by atoms with Crippen molar-refractivity contribution < 1.29 is 9.90 Å². The standard InChI is InChI=1S/C15H26N4O2/c1-4-15(6-5-7-15)11-17-13(20)16-10-14(2,21)12-8-18-19(3)9-12/h8-9,21H,4-7,10-11H2,1-3H3,(H2,16,17,20). The number of amides is 2. The van der Waals surface area contributed by atoms with Crippen molar-refractivity contribution in [2.24, 2.45) is 12.5 Å². The molecule has 1 aromatic rings. The second-order valence-corrected chi connectivity index (χ2v) is 6.42. The van der Waals surface area contributed by atoms with E-state index in [9.17, 15) is 9.90 Å². The summed E-state index contributed by atoms with van der Waals surface area (Å²) in [5, 5.41) is 20.1. The van der Waals surface area contributed by atoms with E-state index in [0.717, 1.165) is 6.42 Å². The van der Waals surface area contributed by atoms with Crippen molar-refractivity contribution in [2.45, 2.75) is 45.1 Å². The number of carbonyl (C=O) groups is 1. The van der Waals surface area contributed by atoms with Crippen LogP contribution in [0.1, 0.15) is 45.1 Å². The number of nitrogens with zero attached hydrogens (tertiary/aromatic N) is 2. The summed E-state index contributed by atoms with van der Waals surface area (Å²) >= 11 is 0. The van der Waals surface area contributed by atoms with E-state index in [2.05, 4.69) is 22.7 Å². The van der Waals surface area contributed by atoms with Crippen molar-refractivity contribution >= 4 is 6.03 Å². The van der Waals surface area contributed by atoms with Crippen molar-refractivity contribution in [2.75, 3.05) is 13.1 Å². The van der Waals surface area contributed by atoms with Crippen LogP contribution < -0.4 is 10.6 Å². The SMILES string of the molecule is CCC1(CNC(=O)NCC(C)(O)c2cnn(C)c2)CCC1. The predicted octanol–water partition coefficient (Wildman–Crippen LogP) is 1.51. The smallest absolute Gasteiger partial charge is 0.314 e. The summed E-state index contributed by atoms with van der Waals surface area (Å²) < 4.78 is 1.63.